The average molecular weight is 569 g/mol. The summed E-state index contributed by atoms with van der Waals surface area (Å²) in [4.78, 5) is 39.3. The van der Waals surface area contributed by atoms with Crippen molar-refractivity contribution < 1.29 is 14.4 Å². The molecule has 1 aromatic carbocycles. The average Bonchev–Trinajstić information content (AvgIpc) is 3.77. The molecule has 3 fully saturated rings. The number of hydrogen-bond acceptors (Lipinski definition) is 10. The Hall–Kier alpha value is -2.57. The molecular formula is C28H37ClN8O3. The number of fused-ring (bicyclic) bond motifs is 1. The third-order valence-electron chi connectivity index (χ3n) is 9.67. The number of amides is 1. The zero-order valence-electron chi connectivity index (χ0n) is 23.3. The molecule has 1 aromatic rings. The van der Waals surface area contributed by atoms with Gasteiger partial charge in [-0.2, -0.15) is 15.0 Å². The highest BCUT2D eigenvalue weighted by Gasteiger charge is 2.78. The van der Waals surface area contributed by atoms with Crippen LogP contribution in [0.3, 0.4) is 0 Å². The summed E-state index contributed by atoms with van der Waals surface area (Å²) in [5.41, 5.74) is 2.40. The van der Waals surface area contributed by atoms with E-state index < -0.39 is 17.1 Å². The summed E-state index contributed by atoms with van der Waals surface area (Å²) >= 11 is 6.50. The number of hydrazine groups is 1. The number of nitrogens with one attached hydrogen (secondary N) is 2. The first-order chi connectivity index (χ1) is 19.3. The van der Waals surface area contributed by atoms with Crippen LogP contribution in [-0.4, -0.2) is 95.7 Å². The van der Waals surface area contributed by atoms with Gasteiger partial charge in [-0.15, -0.1) is 5.59 Å². The summed E-state index contributed by atoms with van der Waals surface area (Å²) in [7, 11) is 3.71. The van der Waals surface area contributed by atoms with Crippen molar-refractivity contribution in [3.63, 3.8) is 0 Å². The summed E-state index contributed by atoms with van der Waals surface area (Å²) < 4.78 is 6.79. The number of benzene rings is 1. The molecule has 40 heavy (non-hydrogen) atoms. The van der Waals surface area contributed by atoms with E-state index in [0.717, 1.165) is 37.3 Å². The maximum absolute atomic E-state index is 13.9. The second-order valence-electron chi connectivity index (χ2n) is 12.0. The quantitative estimate of drug-likeness (QED) is 0.543. The molecule has 7 rings (SSSR count). The van der Waals surface area contributed by atoms with E-state index in [0.29, 0.717) is 48.6 Å². The van der Waals surface area contributed by atoms with Crippen molar-refractivity contribution in [3.05, 3.63) is 34.9 Å². The Labute approximate surface area is 239 Å². The Morgan fingerprint density at radius 1 is 1.23 bits per heavy atom. The lowest BCUT2D eigenvalue weighted by Crippen LogP contribution is -2.72. The van der Waals surface area contributed by atoms with Crippen molar-refractivity contribution in [1.29, 1.82) is 0 Å². The van der Waals surface area contributed by atoms with E-state index in [-0.39, 0.29) is 11.9 Å². The Bertz CT molecular complexity index is 1310. The number of carbonyl (C=O) groups is 1. The van der Waals surface area contributed by atoms with Crippen LogP contribution in [0.2, 0.25) is 5.02 Å². The number of hydrogen-bond donors (Lipinski definition) is 2. The van der Waals surface area contributed by atoms with Crippen LogP contribution in [0.1, 0.15) is 51.0 Å². The van der Waals surface area contributed by atoms with Gasteiger partial charge in [0, 0.05) is 30.7 Å². The molecule has 3 atom stereocenters. The Morgan fingerprint density at radius 3 is 2.73 bits per heavy atom. The molecule has 1 aliphatic carbocycles. The first-order valence-corrected chi connectivity index (χ1v) is 14.8. The second-order valence-corrected chi connectivity index (χ2v) is 12.4. The van der Waals surface area contributed by atoms with Gasteiger partial charge >= 0.3 is 6.02 Å². The number of ether oxygens (including phenoxy) is 1. The van der Waals surface area contributed by atoms with Crippen molar-refractivity contribution >= 4 is 35.1 Å². The summed E-state index contributed by atoms with van der Waals surface area (Å²) in [6.07, 6.45) is 6.12. The van der Waals surface area contributed by atoms with Crippen LogP contribution in [-0.2, 0) is 14.4 Å². The molecular weight excluding hydrogens is 532 g/mol. The van der Waals surface area contributed by atoms with Gasteiger partial charge in [0.2, 0.25) is 5.91 Å². The third-order valence-corrected chi connectivity index (χ3v) is 9.90. The molecule has 2 unspecified atom stereocenters. The van der Waals surface area contributed by atoms with Crippen molar-refractivity contribution in [2.75, 3.05) is 40.3 Å². The number of aliphatic imine (C=N–C) groups is 3. The Balaban J connectivity index is 1.44. The molecule has 5 heterocycles. The fraction of sp³-hybridized carbons (Fsp3) is 0.643. The highest BCUT2D eigenvalue weighted by atomic mass is 35.5. The maximum Gasteiger partial charge on any atom is 0.318 e. The molecule has 6 aliphatic rings. The predicted octanol–water partition coefficient (Wildman–Crippen LogP) is 2.38. The molecule has 1 spiro atoms. The molecule has 0 radical (unpaired) electrons. The van der Waals surface area contributed by atoms with E-state index in [1.807, 2.05) is 36.3 Å². The second kappa shape index (κ2) is 9.49. The maximum atomic E-state index is 13.9. The highest BCUT2D eigenvalue weighted by Crippen LogP contribution is 2.55. The molecule has 5 aliphatic heterocycles. The van der Waals surface area contributed by atoms with Gasteiger partial charge in [0.05, 0.1) is 6.61 Å². The minimum absolute atomic E-state index is 0.0749. The molecule has 2 saturated heterocycles. The SMILES string of the molecule is CNC(=O)[C@]1(C2=NC3(N4CCON4)N=C4N=C(c5cccc(Cl)c5)C3(O4)N2C[C@H]2CC[C@H](C)CC2)CCCN1C. The Morgan fingerprint density at radius 2 is 2.05 bits per heavy atom. The van der Waals surface area contributed by atoms with Gasteiger partial charge in [0.25, 0.3) is 11.5 Å². The van der Waals surface area contributed by atoms with Crippen LogP contribution in [0, 0.1) is 11.8 Å². The van der Waals surface area contributed by atoms with Gasteiger partial charge < -0.3 is 15.0 Å². The number of amidine groups is 2. The number of likely N-dealkylation sites (N-methyl/N-ethyl adjacent to an activating group) is 2. The van der Waals surface area contributed by atoms with Crippen LogP contribution >= 0.6 is 11.6 Å². The fourth-order valence-electron chi connectivity index (χ4n) is 7.54. The van der Waals surface area contributed by atoms with Gasteiger partial charge in [0.1, 0.15) is 11.5 Å². The van der Waals surface area contributed by atoms with E-state index in [9.17, 15) is 4.79 Å². The summed E-state index contributed by atoms with van der Waals surface area (Å²) in [6, 6.07) is 7.96. The minimum atomic E-state index is -1.26. The summed E-state index contributed by atoms with van der Waals surface area (Å²) in [5.74, 6) is 0.474. The number of rotatable bonds is 6. The van der Waals surface area contributed by atoms with Gasteiger partial charge in [-0.05, 0) is 63.2 Å². The van der Waals surface area contributed by atoms with Gasteiger partial charge in [-0.3, -0.25) is 14.5 Å². The standard InChI is InChI=1S/C28H37ClN8O3/c1-18-8-10-19(11-9-18)17-36-23(26(24(38)30-2)12-5-13-35(26)3)32-28(37-14-15-39-34-37)27(36)22(31-25(33-28)40-27)20-6-4-7-21(29)16-20/h4,6-7,16,18-19,34H,5,8-15,17H2,1-3H3,(H,30,38)/t18-,19-,26-,27?,28?/m1/s1. The third kappa shape index (κ3) is 3.51. The van der Waals surface area contributed by atoms with Crippen LogP contribution < -0.4 is 10.9 Å². The van der Waals surface area contributed by atoms with Crippen LogP contribution in [0.5, 0.6) is 0 Å². The number of likely N-dealkylation sites (tertiary alicyclic amines) is 1. The van der Waals surface area contributed by atoms with Crippen molar-refractivity contribution in [3.8, 4) is 0 Å². The fourth-order valence-corrected chi connectivity index (χ4v) is 7.73. The number of nitrogens with zero attached hydrogens (tertiary/aromatic N) is 6. The topological polar surface area (TPSA) is 106 Å². The lowest BCUT2D eigenvalue weighted by molar-refractivity contribution is -0.129. The molecule has 1 amide bonds. The molecule has 214 valence electrons. The van der Waals surface area contributed by atoms with E-state index >= 15 is 0 Å². The number of halogens is 1. The van der Waals surface area contributed by atoms with Gasteiger partial charge in [0.15, 0.2) is 5.54 Å². The van der Waals surface area contributed by atoms with Crippen LogP contribution in [0.15, 0.2) is 39.2 Å². The monoisotopic (exact) mass is 568 g/mol. The molecule has 0 aromatic heterocycles. The molecule has 1 saturated carbocycles. The molecule has 2 bridgehead atoms. The highest BCUT2D eigenvalue weighted by molar-refractivity contribution is 6.31. The van der Waals surface area contributed by atoms with Gasteiger partial charge in [-0.25, -0.2) is 4.99 Å². The van der Waals surface area contributed by atoms with E-state index in [1.165, 1.54) is 12.8 Å². The van der Waals surface area contributed by atoms with E-state index in [2.05, 4.69) is 27.6 Å². The number of carbonyl (C=O) groups excluding carboxylic acids is 1. The van der Waals surface area contributed by atoms with Crippen molar-refractivity contribution in [2.24, 2.45) is 26.8 Å². The van der Waals surface area contributed by atoms with Crippen LogP contribution in [0.25, 0.3) is 0 Å². The zero-order valence-corrected chi connectivity index (χ0v) is 24.1. The van der Waals surface area contributed by atoms with E-state index in [4.69, 9.17) is 36.2 Å². The normalized spacial score (nSPS) is 37.3. The lowest BCUT2D eigenvalue weighted by atomic mass is 9.81. The van der Waals surface area contributed by atoms with Crippen LogP contribution in [0.4, 0.5) is 0 Å². The zero-order chi connectivity index (χ0) is 27.7. The van der Waals surface area contributed by atoms with Crippen molar-refractivity contribution in [2.45, 2.75) is 62.5 Å². The first-order valence-electron chi connectivity index (χ1n) is 14.4. The first kappa shape index (κ1) is 26.3. The molecule has 11 nitrogen and oxygen atoms in total. The predicted molar refractivity (Wildman–Crippen MR) is 152 cm³/mol. The smallest absolute Gasteiger partial charge is 0.318 e. The molecule has 12 heteroatoms. The lowest BCUT2D eigenvalue weighted by Gasteiger charge is -2.47. The minimum Gasteiger partial charge on any atom is -0.424 e. The summed E-state index contributed by atoms with van der Waals surface area (Å²) in [6.45, 7) is 4.81. The largest absolute Gasteiger partial charge is 0.424 e. The van der Waals surface area contributed by atoms with E-state index in [1.54, 1.807) is 7.05 Å². The van der Waals surface area contributed by atoms with Gasteiger partial charge in [-0.1, -0.05) is 43.5 Å². The summed E-state index contributed by atoms with van der Waals surface area (Å²) in [5, 5.41) is 5.47. The Kier molecular flexibility index (Phi) is 6.25. The van der Waals surface area contributed by atoms with Crippen molar-refractivity contribution in [1.82, 2.24) is 25.7 Å². The molecule has 2 N–H and O–H groups in total.